The summed E-state index contributed by atoms with van der Waals surface area (Å²) in [5.41, 5.74) is 0.396. The molecule has 0 aliphatic rings. The van der Waals surface area contributed by atoms with Gasteiger partial charge in [-0.15, -0.1) is 0 Å². The molecule has 0 fully saturated rings. The van der Waals surface area contributed by atoms with Gasteiger partial charge in [-0.25, -0.2) is 9.59 Å². The zero-order valence-corrected chi connectivity index (χ0v) is 16.8. The monoisotopic (exact) mass is 398 g/mol. The third-order valence-electron chi connectivity index (χ3n) is 4.12. The van der Waals surface area contributed by atoms with Crippen LogP contribution in [0.15, 0.2) is 61.2 Å². The van der Waals surface area contributed by atoms with Gasteiger partial charge in [-0.05, 0) is 54.4 Å². The van der Waals surface area contributed by atoms with Crippen LogP contribution in [0.1, 0.15) is 30.6 Å². The SMILES string of the molecule is C=CC(=O)OCCOc1ccc(C(=O)Oc2ccc(OCC(C)CC)cc2)cc1. The Kier molecular flexibility index (Phi) is 8.76. The van der Waals surface area contributed by atoms with Gasteiger partial charge in [0.2, 0.25) is 0 Å². The number of ether oxygens (including phenoxy) is 4. The molecule has 0 amide bonds. The summed E-state index contributed by atoms with van der Waals surface area (Å²) in [6.45, 7) is 8.53. The minimum atomic E-state index is -0.498. The predicted octanol–water partition coefficient (Wildman–Crippen LogP) is 4.44. The van der Waals surface area contributed by atoms with Gasteiger partial charge in [-0.2, -0.15) is 0 Å². The first-order valence-electron chi connectivity index (χ1n) is 9.49. The van der Waals surface area contributed by atoms with Gasteiger partial charge in [0.15, 0.2) is 0 Å². The molecular formula is C23H26O6. The van der Waals surface area contributed by atoms with Crippen molar-refractivity contribution in [3.05, 3.63) is 66.7 Å². The van der Waals surface area contributed by atoms with Gasteiger partial charge in [0.1, 0.15) is 30.5 Å². The molecule has 0 heterocycles. The summed E-state index contributed by atoms with van der Waals surface area (Å²) in [5.74, 6) is 1.26. The van der Waals surface area contributed by atoms with Crippen LogP contribution in [0.2, 0.25) is 0 Å². The van der Waals surface area contributed by atoms with E-state index in [0.29, 0.717) is 29.6 Å². The van der Waals surface area contributed by atoms with Gasteiger partial charge in [-0.3, -0.25) is 0 Å². The quantitative estimate of drug-likeness (QED) is 0.241. The fourth-order valence-electron chi connectivity index (χ4n) is 2.17. The fourth-order valence-corrected chi connectivity index (χ4v) is 2.17. The van der Waals surface area contributed by atoms with Gasteiger partial charge >= 0.3 is 11.9 Å². The van der Waals surface area contributed by atoms with Gasteiger partial charge in [-0.1, -0.05) is 26.8 Å². The van der Waals surface area contributed by atoms with E-state index in [4.69, 9.17) is 18.9 Å². The minimum Gasteiger partial charge on any atom is -0.493 e. The summed E-state index contributed by atoms with van der Waals surface area (Å²) in [5, 5.41) is 0. The summed E-state index contributed by atoms with van der Waals surface area (Å²) in [6, 6.07) is 13.5. The Hall–Kier alpha value is -3.28. The summed E-state index contributed by atoms with van der Waals surface area (Å²) in [6.07, 6.45) is 2.15. The van der Waals surface area contributed by atoms with Crippen molar-refractivity contribution in [2.24, 2.45) is 5.92 Å². The largest absolute Gasteiger partial charge is 0.493 e. The molecular weight excluding hydrogens is 372 g/mol. The van der Waals surface area contributed by atoms with Crippen molar-refractivity contribution in [3.8, 4) is 17.2 Å². The molecule has 2 aromatic rings. The Morgan fingerprint density at radius 2 is 1.52 bits per heavy atom. The van der Waals surface area contributed by atoms with E-state index in [0.717, 1.165) is 18.2 Å². The zero-order valence-electron chi connectivity index (χ0n) is 16.8. The maximum Gasteiger partial charge on any atom is 0.343 e. The Bertz CT molecular complexity index is 795. The van der Waals surface area contributed by atoms with E-state index in [1.165, 1.54) is 0 Å². The second kappa shape index (κ2) is 11.5. The van der Waals surface area contributed by atoms with Crippen molar-refractivity contribution in [3.63, 3.8) is 0 Å². The highest BCUT2D eigenvalue weighted by Gasteiger charge is 2.09. The number of rotatable bonds is 11. The van der Waals surface area contributed by atoms with Crippen LogP contribution in [0, 0.1) is 5.92 Å². The van der Waals surface area contributed by atoms with Gasteiger partial charge < -0.3 is 18.9 Å². The zero-order chi connectivity index (χ0) is 21.1. The molecule has 0 bridgehead atoms. The number of carbonyl (C=O) groups excluding carboxylic acids is 2. The molecule has 6 nitrogen and oxygen atoms in total. The number of esters is 2. The molecule has 154 valence electrons. The highest BCUT2D eigenvalue weighted by Crippen LogP contribution is 2.20. The summed E-state index contributed by atoms with van der Waals surface area (Å²) in [7, 11) is 0. The smallest absolute Gasteiger partial charge is 0.343 e. The maximum atomic E-state index is 12.3. The third kappa shape index (κ3) is 7.70. The van der Waals surface area contributed by atoms with Crippen molar-refractivity contribution in [1.29, 1.82) is 0 Å². The van der Waals surface area contributed by atoms with Crippen molar-refractivity contribution in [2.45, 2.75) is 20.3 Å². The average Bonchev–Trinajstić information content (AvgIpc) is 2.76. The van der Waals surface area contributed by atoms with E-state index in [-0.39, 0.29) is 13.2 Å². The van der Waals surface area contributed by atoms with Gasteiger partial charge in [0.05, 0.1) is 12.2 Å². The lowest BCUT2D eigenvalue weighted by Gasteiger charge is -2.11. The number of carbonyl (C=O) groups is 2. The van der Waals surface area contributed by atoms with Crippen LogP contribution in [-0.2, 0) is 9.53 Å². The minimum absolute atomic E-state index is 0.117. The standard InChI is InChI=1S/C23H26O6/c1-4-17(3)16-28-20-10-12-21(13-11-20)29-23(25)18-6-8-19(9-7-18)26-14-15-27-22(24)5-2/h5-13,17H,2,4,14-16H2,1,3H3. The fraction of sp³-hybridized carbons (Fsp3) is 0.304. The highest BCUT2D eigenvalue weighted by molar-refractivity contribution is 5.91. The van der Waals surface area contributed by atoms with Crippen LogP contribution in [0.3, 0.4) is 0 Å². The molecule has 6 heteroatoms. The molecule has 0 radical (unpaired) electrons. The Labute approximate surface area is 171 Å². The van der Waals surface area contributed by atoms with Crippen LogP contribution < -0.4 is 14.2 Å². The first-order chi connectivity index (χ1) is 14.0. The molecule has 1 unspecified atom stereocenters. The molecule has 2 rings (SSSR count). The van der Waals surface area contributed by atoms with Crippen LogP contribution in [0.4, 0.5) is 0 Å². The van der Waals surface area contributed by atoms with Crippen molar-refractivity contribution < 1.29 is 28.5 Å². The summed E-state index contributed by atoms with van der Waals surface area (Å²) >= 11 is 0. The Morgan fingerprint density at radius 1 is 0.931 bits per heavy atom. The van der Waals surface area contributed by atoms with Crippen molar-refractivity contribution in [1.82, 2.24) is 0 Å². The maximum absolute atomic E-state index is 12.3. The van der Waals surface area contributed by atoms with Crippen LogP contribution >= 0.6 is 0 Å². The molecule has 0 saturated heterocycles. The summed E-state index contributed by atoms with van der Waals surface area (Å²) in [4.78, 5) is 23.2. The lowest BCUT2D eigenvalue weighted by atomic mass is 10.1. The first kappa shape index (κ1) is 22.0. The molecule has 2 aromatic carbocycles. The van der Waals surface area contributed by atoms with E-state index >= 15 is 0 Å². The average molecular weight is 398 g/mol. The molecule has 29 heavy (non-hydrogen) atoms. The molecule has 0 saturated carbocycles. The number of hydrogen-bond acceptors (Lipinski definition) is 6. The van der Waals surface area contributed by atoms with Gasteiger partial charge in [0, 0.05) is 6.08 Å². The Balaban J connectivity index is 1.81. The predicted molar refractivity (Wildman–Crippen MR) is 109 cm³/mol. The van der Waals surface area contributed by atoms with E-state index in [1.807, 2.05) is 0 Å². The first-order valence-corrected chi connectivity index (χ1v) is 9.49. The van der Waals surface area contributed by atoms with Crippen molar-refractivity contribution >= 4 is 11.9 Å². The third-order valence-corrected chi connectivity index (χ3v) is 4.12. The second-order valence-electron chi connectivity index (χ2n) is 6.43. The summed E-state index contributed by atoms with van der Waals surface area (Å²) < 4.78 is 21.3. The molecule has 0 spiro atoms. The molecule has 0 aromatic heterocycles. The molecule has 1 atom stereocenters. The van der Waals surface area contributed by atoms with E-state index in [1.54, 1.807) is 48.5 Å². The van der Waals surface area contributed by atoms with Crippen LogP contribution in [-0.4, -0.2) is 31.8 Å². The Morgan fingerprint density at radius 3 is 2.14 bits per heavy atom. The van der Waals surface area contributed by atoms with E-state index in [2.05, 4.69) is 20.4 Å². The topological polar surface area (TPSA) is 71.1 Å². The lowest BCUT2D eigenvalue weighted by molar-refractivity contribution is -0.138. The highest BCUT2D eigenvalue weighted by atomic mass is 16.6. The normalized spacial score (nSPS) is 11.2. The van der Waals surface area contributed by atoms with E-state index < -0.39 is 11.9 Å². The van der Waals surface area contributed by atoms with E-state index in [9.17, 15) is 9.59 Å². The number of benzene rings is 2. The van der Waals surface area contributed by atoms with Crippen LogP contribution in [0.5, 0.6) is 17.2 Å². The molecule has 0 aliphatic heterocycles. The lowest BCUT2D eigenvalue weighted by Crippen LogP contribution is -2.11. The number of hydrogen-bond donors (Lipinski definition) is 0. The van der Waals surface area contributed by atoms with Gasteiger partial charge in [0.25, 0.3) is 0 Å². The second-order valence-corrected chi connectivity index (χ2v) is 6.43. The van der Waals surface area contributed by atoms with Crippen LogP contribution in [0.25, 0.3) is 0 Å². The van der Waals surface area contributed by atoms with Crippen molar-refractivity contribution in [2.75, 3.05) is 19.8 Å². The molecule has 0 aliphatic carbocycles. The molecule has 0 N–H and O–H groups in total.